The van der Waals surface area contributed by atoms with Crippen LogP contribution in [0.25, 0.3) is 11.2 Å². The molecule has 0 unspecified atom stereocenters. The van der Waals surface area contributed by atoms with Crippen molar-refractivity contribution in [2.24, 2.45) is 5.92 Å². The van der Waals surface area contributed by atoms with E-state index < -0.39 is 6.08 Å². The first-order valence-electron chi connectivity index (χ1n) is 5.48. The van der Waals surface area contributed by atoms with E-state index in [4.69, 9.17) is 0 Å². The van der Waals surface area contributed by atoms with Crippen molar-refractivity contribution in [3.8, 4) is 0 Å². The van der Waals surface area contributed by atoms with Crippen molar-refractivity contribution in [3.63, 3.8) is 0 Å². The zero-order valence-electron chi connectivity index (χ0n) is 9.00. The van der Waals surface area contributed by atoms with E-state index in [9.17, 15) is 4.39 Å². The van der Waals surface area contributed by atoms with E-state index in [0.717, 1.165) is 18.2 Å². The van der Waals surface area contributed by atoms with Gasteiger partial charge in [-0.1, -0.05) is 22.6 Å². The second-order valence-electron chi connectivity index (χ2n) is 4.18. The van der Waals surface area contributed by atoms with Crippen LogP contribution in [0.3, 0.4) is 0 Å². The fourth-order valence-corrected chi connectivity index (χ4v) is 2.16. The van der Waals surface area contributed by atoms with Gasteiger partial charge in [0.1, 0.15) is 11.3 Å². The standard InChI is InChI=1S/C10H11FIN5/c11-10-16-8(13-4-12)7-9(17-10)15-6(14-7)3-5-1-2-5/h5H,1-4H2,(H2,13,14,15,16,17). The number of rotatable bonds is 4. The molecular formula is C10H11FIN5. The maximum absolute atomic E-state index is 13.2. The summed E-state index contributed by atoms with van der Waals surface area (Å²) in [7, 11) is 0. The van der Waals surface area contributed by atoms with E-state index in [1.54, 1.807) is 0 Å². The van der Waals surface area contributed by atoms with E-state index in [-0.39, 0.29) is 0 Å². The van der Waals surface area contributed by atoms with Gasteiger partial charge in [-0.25, -0.2) is 4.98 Å². The Balaban J connectivity index is 2.02. The molecular weight excluding hydrogens is 336 g/mol. The Morgan fingerprint density at radius 1 is 1.35 bits per heavy atom. The lowest BCUT2D eigenvalue weighted by Crippen LogP contribution is -2.01. The summed E-state index contributed by atoms with van der Waals surface area (Å²) in [5, 5.41) is 3.00. The lowest BCUT2D eigenvalue weighted by Gasteiger charge is -2.01. The third kappa shape index (κ3) is 2.33. The Hall–Kier alpha value is -0.990. The van der Waals surface area contributed by atoms with E-state index in [0.29, 0.717) is 21.5 Å². The van der Waals surface area contributed by atoms with Crippen molar-refractivity contribution in [2.45, 2.75) is 19.3 Å². The molecule has 2 heterocycles. The molecule has 0 bridgehead atoms. The van der Waals surface area contributed by atoms with Crippen molar-refractivity contribution in [1.82, 2.24) is 19.9 Å². The highest BCUT2D eigenvalue weighted by Crippen LogP contribution is 2.32. The van der Waals surface area contributed by atoms with Gasteiger partial charge in [-0.05, 0) is 18.8 Å². The van der Waals surface area contributed by atoms with Crippen LogP contribution in [0.4, 0.5) is 10.2 Å². The maximum Gasteiger partial charge on any atom is 0.312 e. The second-order valence-corrected chi connectivity index (χ2v) is 4.94. The number of hydrogen-bond acceptors (Lipinski definition) is 4. The molecule has 0 radical (unpaired) electrons. The summed E-state index contributed by atoms with van der Waals surface area (Å²) in [6.07, 6.45) is 2.70. The molecule has 0 saturated heterocycles. The molecule has 2 N–H and O–H groups in total. The first kappa shape index (κ1) is 11.1. The number of halogens is 2. The van der Waals surface area contributed by atoms with Crippen LogP contribution >= 0.6 is 22.6 Å². The summed E-state index contributed by atoms with van der Waals surface area (Å²) in [4.78, 5) is 14.9. The van der Waals surface area contributed by atoms with Gasteiger partial charge in [0, 0.05) is 6.42 Å². The van der Waals surface area contributed by atoms with Crippen LogP contribution in [0.15, 0.2) is 0 Å². The molecule has 0 amide bonds. The Kier molecular flexibility index (Phi) is 2.85. The van der Waals surface area contributed by atoms with Crippen LogP contribution in [0, 0.1) is 12.0 Å². The number of alkyl halides is 1. The van der Waals surface area contributed by atoms with Gasteiger partial charge in [-0.2, -0.15) is 14.4 Å². The number of aromatic amines is 1. The molecule has 0 atom stereocenters. The van der Waals surface area contributed by atoms with E-state index in [1.165, 1.54) is 12.8 Å². The SMILES string of the molecule is Fc1nc(NCI)c2[nH]c(CC3CC3)nc2n1. The monoisotopic (exact) mass is 347 g/mol. The number of nitrogens with one attached hydrogen (secondary N) is 2. The average Bonchev–Trinajstić information content (AvgIpc) is 2.98. The Labute approximate surface area is 111 Å². The van der Waals surface area contributed by atoms with Gasteiger partial charge >= 0.3 is 6.08 Å². The predicted octanol–water partition coefficient (Wildman–Crippen LogP) is 2.25. The molecule has 0 aliphatic heterocycles. The fourth-order valence-electron chi connectivity index (χ4n) is 1.80. The summed E-state index contributed by atoms with van der Waals surface area (Å²) in [5.74, 6) is 2.09. The Morgan fingerprint density at radius 3 is 2.88 bits per heavy atom. The van der Waals surface area contributed by atoms with Gasteiger partial charge in [-0.3, -0.25) is 0 Å². The molecule has 5 nitrogen and oxygen atoms in total. The molecule has 90 valence electrons. The van der Waals surface area contributed by atoms with Crippen LogP contribution in [-0.2, 0) is 6.42 Å². The van der Waals surface area contributed by atoms with Crippen molar-refractivity contribution in [2.75, 3.05) is 9.87 Å². The first-order valence-corrected chi connectivity index (χ1v) is 7.01. The summed E-state index contributed by atoms with van der Waals surface area (Å²) in [6, 6.07) is 0. The molecule has 2 aromatic heterocycles. The van der Waals surface area contributed by atoms with Gasteiger partial charge in [-0.15, -0.1) is 0 Å². The summed E-state index contributed by atoms with van der Waals surface area (Å²) >= 11 is 2.14. The Bertz CT molecular complexity index is 551. The predicted molar refractivity (Wildman–Crippen MR) is 70.6 cm³/mol. The molecule has 1 fully saturated rings. The lowest BCUT2D eigenvalue weighted by molar-refractivity contribution is 0.545. The zero-order chi connectivity index (χ0) is 11.8. The average molecular weight is 347 g/mol. The van der Waals surface area contributed by atoms with E-state index in [2.05, 4.69) is 47.8 Å². The van der Waals surface area contributed by atoms with Gasteiger partial charge in [0.05, 0.1) is 4.55 Å². The largest absolute Gasteiger partial charge is 0.359 e. The number of aromatic nitrogens is 4. The fraction of sp³-hybridized carbons (Fsp3) is 0.500. The van der Waals surface area contributed by atoms with Crippen LogP contribution in [-0.4, -0.2) is 24.5 Å². The number of hydrogen-bond donors (Lipinski definition) is 2. The molecule has 17 heavy (non-hydrogen) atoms. The van der Waals surface area contributed by atoms with E-state index in [1.807, 2.05) is 0 Å². The summed E-state index contributed by atoms with van der Waals surface area (Å²) in [6.45, 7) is 0. The van der Waals surface area contributed by atoms with Gasteiger partial charge in [0.15, 0.2) is 11.5 Å². The number of fused-ring (bicyclic) bond motifs is 1. The van der Waals surface area contributed by atoms with Gasteiger partial charge in [0.25, 0.3) is 0 Å². The zero-order valence-corrected chi connectivity index (χ0v) is 11.2. The highest BCUT2D eigenvalue weighted by atomic mass is 127. The molecule has 0 spiro atoms. The van der Waals surface area contributed by atoms with Gasteiger partial charge < -0.3 is 10.3 Å². The highest BCUT2D eigenvalue weighted by Gasteiger charge is 2.23. The number of anilines is 1. The maximum atomic E-state index is 13.2. The van der Waals surface area contributed by atoms with Crippen LogP contribution in [0.1, 0.15) is 18.7 Å². The van der Waals surface area contributed by atoms with Crippen LogP contribution < -0.4 is 5.32 Å². The highest BCUT2D eigenvalue weighted by molar-refractivity contribution is 14.1. The smallest absolute Gasteiger partial charge is 0.312 e. The number of nitrogens with zero attached hydrogens (tertiary/aromatic N) is 3. The minimum absolute atomic E-state index is 0.403. The molecule has 1 aliphatic rings. The quantitative estimate of drug-likeness (QED) is 0.385. The second kappa shape index (κ2) is 4.35. The van der Waals surface area contributed by atoms with Crippen LogP contribution in [0.5, 0.6) is 0 Å². The first-order chi connectivity index (χ1) is 8.26. The number of H-pyrrole nitrogens is 1. The van der Waals surface area contributed by atoms with Crippen molar-refractivity contribution >= 4 is 39.6 Å². The summed E-state index contributed by atoms with van der Waals surface area (Å²) < 4.78 is 13.8. The third-order valence-electron chi connectivity index (χ3n) is 2.79. The lowest BCUT2D eigenvalue weighted by atomic mass is 10.3. The molecule has 7 heteroatoms. The van der Waals surface area contributed by atoms with Crippen LogP contribution in [0.2, 0.25) is 0 Å². The van der Waals surface area contributed by atoms with E-state index >= 15 is 0 Å². The van der Waals surface area contributed by atoms with Crippen molar-refractivity contribution < 1.29 is 4.39 Å². The minimum Gasteiger partial charge on any atom is -0.359 e. The molecule has 0 aromatic carbocycles. The molecule has 3 rings (SSSR count). The topological polar surface area (TPSA) is 66.5 Å². The minimum atomic E-state index is -0.741. The summed E-state index contributed by atoms with van der Waals surface area (Å²) in [5.41, 5.74) is 1.10. The molecule has 2 aromatic rings. The normalized spacial score (nSPS) is 15.4. The van der Waals surface area contributed by atoms with Crippen molar-refractivity contribution in [3.05, 3.63) is 11.9 Å². The molecule has 1 saturated carbocycles. The van der Waals surface area contributed by atoms with Crippen molar-refractivity contribution in [1.29, 1.82) is 0 Å². The number of imidazole rings is 1. The van der Waals surface area contributed by atoms with Gasteiger partial charge in [0.2, 0.25) is 0 Å². The Morgan fingerprint density at radius 2 is 2.18 bits per heavy atom. The third-order valence-corrected chi connectivity index (χ3v) is 3.17. The molecule has 1 aliphatic carbocycles.